The first-order valence-electron chi connectivity index (χ1n) is 8.65. The summed E-state index contributed by atoms with van der Waals surface area (Å²) >= 11 is 0. The molecule has 3 rings (SSSR count). The Hall–Kier alpha value is -2.97. The second-order valence-electron chi connectivity index (χ2n) is 6.37. The predicted molar refractivity (Wildman–Crippen MR) is 95.0 cm³/mol. The Labute approximate surface area is 157 Å². The Balaban J connectivity index is 1.58. The minimum absolute atomic E-state index is 0.0301. The average Bonchev–Trinajstić information content (AvgIpc) is 2.96. The van der Waals surface area contributed by atoms with Gasteiger partial charge in [-0.25, -0.2) is 4.79 Å². The van der Waals surface area contributed by atoms with Gasteiger partial charge in [-0.15, -0.1) is 0 Å². The van der Waals surface area contributed by atoms with E-state index < -0.39 is 0 Å². The molecule has 0 unspecified atom stereocenters. The van der Waals surface area contributed by atoms with E-state index in [9.17, 15) is 14.4 Å². The lowest BCUT2D eigenvalue weighted by Gasteiger charge is -2.42. The van der Waals surface area contributed by atoms with Crippen molar-refractivity contribution in [3.8, 4) is 17.2 Å². The molecule has 2 saturated heterocycles. The van der Waals surface area contributed by atoms with Crippen molar-refractivity contribution in [1.29, 1.82) is 0 Å². The molecule has 2 fully saturated rings. The first kappa shape index (κ1) is 18.8. The molecule has 0 saturated carbocycles. The largest absolute Gasteiger partial charge is 0.493 e. The summed E-state index contributed by atoms with van der Waals surface area (Å²) in [6, 6.07) is 3.00. The molecule has 0 bridgehead atoms. The van der Waals surface area contributed by atoms with Gasteiger partial charge in [0, 0.05) is 19.5 Å². The number of aryl methyl sites for hydroxylation is 1. The molecule has 0 aliphatic carbocycles. The van der Waals surface area contributed by atoms with Gasteiger partial charge in [0.05, 0.1) is 33.9 Å². The molecule has 9 nitrogen and oxygen atoms in total. The summed E-state index contributed by atoms with van der Waals surface area (Å²) in [5.74, 6) is 1.32. The van der Waals surface area contributed by atoms with Crippen molar-refractivity contribution in [1.82, 2.24) is 15.1 Å². The third-order valence-corrected chi connectivity index (χ3v) is 4.85. The molecule has 0 radical (unpaired) electrons. The smallest absolute Gasteiger partial charge is 0.324 e. The van der Waals surface area contributed by atoms with Crippen LogP contribution in [0.15, 0.2) is 12.1 Å². The van der Waals surface area contributed by atoms with Crippen molar-refractivity contribution in [2.24, 2.45) is 0 Å². The molecule has 0 atom stereocenters. The number of hydrogen-bond donors (Lipinski definition) is 1. The zero-order valence-electron chi connectivity index (χ0n) is 15.6. The molecular formula is C18H23N3O6. The lowest BCUT2D eigenvalue weighted by atomic mass is 10.0. The molecule has 1 aromatic carbocycles. The third kappa shape index (κ3) is 3.49. The number of amides is 4. The predicted octanol–water partition coefficient (Wildman–Crippen LogP) is 0.408. The van der Waals surface area contributed by atoms with Crippen LogP contribution in [0.3, 0.4) is 0 Å². The Morgan fingerprint density at radius 2 is 1.81 bits per heavy atom. The minimum atomic E-state index is -0.382. The van der Waals surface area contributed by atoms with Gasteiger partial charge in [-0.3, -0.25) is 14.5 Å². The van der Waals surface area contributed by atoms with Gasteiger partial charge in [0.2, 0.25) is 17.6 Å². The van der Waals surface area contributed by atoms with E-state index in [-0.39, 0.29) is 30.4 Å². The van der Waals surface area contributed by atoms with Crippen molar-refractivity contribution in [2.75, 3.05) is 41.0 Å². The molecule has 4 amide bonds. The Kier molecular flexibility index (Phi) is 5.38. The molecule has 2 aliphatic heterocycles. The van der Waals surface area contributed by atoms with Crippen LogP contribution in [0.1, 0.15) is 12.0 Å². The van der Waals surface area contributed by atoms with E-state index in [0.717, 1.165) is 5.56 Å². The van der Waals surface area contributed by atoms with Crippen LogP contribution in [0.25, 0.3) is 0 Å². The Morgan fingerprint density at radius 1 is 1.11 bits per heavy atom. The van der Waals surface area contributed by atoms with Gasteiger partial charge in [0.1, 0.15) is 0 Å². The fourth-order valence-corrected chi connectivity index (χ4v) is 3.39. The molecule has 2 aliphatic rings. The molecule has 2 heterocycles. The summed E-state index contributed by atoms with van der Waals surface area (Å²) in [7, 11) is 4.62. The number of carbonyl (C=O) groups is 3. The highest BCUT2D eigenvalue weighted by Gasteiger charge is 2.42. The van der Waals surface area contributed by atoms with Crippen molar-refractivity contribution < 1.29 is 28.6 Å². The standard InChI is InChI=1S/C18H23N3O6/c1-25-13-6-4-11(16(26-2)17(13)27-3)5-7-14(22)20-9-12(10-20)21-15(23)8-19-18(21)24/h4,6,12H,5,7-10H2,1-3H3,(H,19,24). The van der Waals surface area contributed by atoms with Crippen LogP contribution in [0.4, 0.5) is 4.79 Å². The number of urea groups is 1. The van der Waals surface area contributed by atoms with Crippen molar-refractivity contribution in [2.45, 2.75) is 18.9 Å². The van der Waals surface area contributed by atoms with Gasteiger partial charge in [-0.05, 0) is 18.1 Å². The highest BCUT2D eigenvalue weighted by Crippen LogP contribution is 2.40. The Morgan fingerprint density at radius 3 is 2.37 bits per heavy atom. The van der Waals surface area contributed by atoms with Crippen LogP contribution in [0.2, 0.25) is 0 Å². The molecule has 27 heavy (non-hydrogen) atoms. The van der Waals surface area contributed by atoms with Crippen LogP contribution in [-0.4, -0.2) is 74.7 Å². The number of nitrogens with one attached hydrogen (secondary N) is 1. The number of rotatable bonds is 7. The first-order chi connectivity index (χ1) is 13.0. The quantitative estimate of drug-likeness (QED) is 0.691. The van der Waals surface area contributed by atoms with Gasteiger partial charge in [0.15, 0.2) is 11.5 Å². The molecule has 1 N–H and O–H groups in total. The van der Waals surface area contributed by atoms with Gasteiger partial charge in [-0.1, -0.05) is 6.07 Å². The van der Waals surface area contributed by atoms with Gasteiger partial charge >= 0.3 is 6.03 Å². The number of hydrogen-bond acceptors (Lipinski definition) is 6. The zero-order valence-corrected chi connectivity index (χ0v) is 15.6. The topological polar surface area (TPSA) is 97.4 Å². The normalized spacial score (nSPS) is 16.9. The maximum Gasteiger partial charge on any atom is 0.324 e. The maximum absolute atomic E-state index is 12.4. The number of nitrogens with zero attached hydrogens (tertiary/aromatic N) is 2. The number of carbonyl (C=O) groups excluding carboxylic acids is 3. The van der Waals surface area contributed by atoms with E-state index in [0.29, 0.717) is 43.2 Å². The Bertz CT molecular complexity index is 744. The molecule has 146 valence electrons. The number of likely N-dealkylation sites (tertiary alicyclic amines) is 1. The van der Waals surface area contributed by atoms with E-state index in [1.54, 1.807) is 25.2 Å². The number of methoxy groups -OCH3 is 3. The second-order valence-corrected chi connectivity index (χ2v) is 6.37. The van der Waals surface area contributed by atoms with E-state index in [4.69, 9.17) is 14.2 Å². The van der Waals surface area contributed by atoms with Gasteiger partial charge < -0.3 is 24.4 Å². The summed E-state index contributed by atoms with van der Waals surface area (Å²) in [6.45, 7) is 0.782. The zero-order chi connectivity index (χ0) is 19.6. The summed E-state index contributed by atoms with van der Waals surface area (Å²) in [5.41, 5.74) is 0.842. The van der Waals surface area contributed by atoms with Crippen LogP contribution in [-0.2, 0) is 16.0 Å². The SMILES string of the molecule is COc1ccc(CCC(=O)N2CC(N3C(=O)CNC3=O)C2)c(OC)c1OC. The number of benzene rings is 1. The summed E-state index contributed by atoms with van der Waals surface area (Å²) in [6.07, 6.45) is 0.769. The monoisotopic (exact) mass is 377 g/mol. The fourth-order valence-electron chi connectivity index (χ4n) is 3.39. The summed E-state index contributed by atoms with van der Waals surface area (Å²) in [5, 5.41) is 2.49. The number of imide groups is 1. The van der Waals surface area contributed by atoms with Gasteiger partial charge in [0.25, 0.3) is 0 Å². The number of ether oxygens (including phenoxy) is 3. The second kappa shape index (κ2) is 7.73. The van der Waals surface area contributed by atoms with E-state index >= 15 is 0 Å². The highest BCUT2D eigenvalue weighted by atomic mass is 16.5. The molecular weight excluding hydrogens is 354 g/mol. The molecule has 9 heteroatoms. The van der Waals surface area contributed by atoms with Crippen molar-refractivity contribution >= 4 is 17.8 Å². The minimum Gasteiger partial charge on any atom is -0.493 e. The van der Waals surface area contributed by atoms with Gasteiger partial charge in [-0.2, -0.15) is 0 Å². The highest BCUT2D eigenvalue weighted by molar-refractivity contribution is 6.02. The van der Waals surface area contributed by atoms with E-state index in [1.165, 1.54) is 12.0 Å². The molecule has 0 spiro atoms. The summed E-state index contributed by atoms with van der Waals surface area (Å²) < 4.78 is 16.0. The molecule has 0 aromatic heterocycles. The van der Waals surface area contributed by atoms with Crippen molar-refractivity contribution in [3.05, 3.63) is 17.7 Å². The van der Waals surface area contributed by atoms with Crippen LogP contribution in [0.5, 0.6) is 17.2 Å². The van der Waals surface area contributed by atoms with Crippen LogP contribution in [0, 0.1) is 0 Å². The average molecular weight is 377 g/mol. The van der Waals surface area contributed by atoms with Crippen LogP contribution >= 0.6 is 0 Å². The summed E-state index contributed by atoms with van der Waals surface area (Å²) in [4.78, 5) is 38.6. The van der Waals surface area contributed by atoms with E-state index in [1.807, 2.05) is 6.07 Å². The first-order valence-corrected chi connectivity index (χ1v) is 8.65. The lowest BCUT2D eigenvalue weighted by molar-refractivity contribution is -0.142. The van der Waals surface area contributed by atoms with Crippen molar-refractivity contribution in [3.63, 3.8) is 0 Å². The maximum atomic E-state index is 12.4. The molecule has 1 aromatic rings. The lowest BCUT2D eigenvalue weighted by Crippen LogP contribution is -2.62. The fraction of sp³-hybridized carbons (Fsp3) is 0.500. The van der Waals surface area contributed by atoms with Crippen LogP contribution < -0.4 is 19.5 Å². The van der Waals surface area contributed by atoms with E-state index in [2.05, 4.69) is 5.32 Å². The third-order valence-electron chi connectivity index (χ3n) is 4.85.